The molecule has 1 aromatic rings. The van der Waals surface area contributed by atoms with E-state index in [2.05, 4.69) is 59.6 Å². The third kappa shape index (κ3) is 5.92. The van der Waals surface area contributed by atoms with Crippen LogP contribution < -0.4 is 16.3 Å². The second-order valence-electron chi connectivity index (χ2n) is 13.7. The predicted octanol–water partition coefficient (Wildman–Crippen LogP) is 3.52. The summed E-state index contributed by atoms with van der Waals surface area (Å²) in [5.74, 6) is 0.475. The first-order valence-corrected chi connectivity index (χ1v) is 20.4. The van der Waals surface area contributed by atoms with Crippen molar-refractivity contribution in [3.05, 3.63) is 33.9 Å². The highest BCUT2D eigenvalue weighted by Gasteiger charge is 2.67. The first kappa shape index (κ1) is 32.0. The van der Waals surface area contributed by atoms with E-state index in [-0.39, 0.29) is 22.4 Å². The van der Waals surface area contributed by atoms with Crippen molar-refractivity contribution in [3.8, 4) is 0 Å². The molecule has 3 heterocycles. The average Bonchev–Trinajstić information content (AvgIpc) is 3.17. The molecule has 4 atom stereocenters. The minimum Gasteiger partial charge on any atom is -0.414 e. The van der Waals surface area contributed by atoms with Gasteiger partial charge in [-0.05, 0) is 42.3 Å². The van der Waals surface area contributed by atoms with Crippen LogP contribution in [0.15, 0.2) is 28.2 Å². The van der Waals surface area contributed by atoms with E-state index in [9.17, 15) is 13.2 Å². The average molecular weight is 603 g/mol. The Balaban J connectivity index is 2.21. The lowest BCUT2D eigenvalue weighted by atomic mass is 9.89. The summed E-state index contributed by atoms with van der Waals surface area (Å²) in [6.45, 7) is 20.8. The number of rotatable bonds is 7. The Bertz CT molecular complexity index is 1280. The fraction of sp³-hybridized carbons (Fsp3) is 0.760. The predicted molar refractivity (Wildman–Crippen MR) is 157 cm³/mol. The lowest BCUT2D eigenvalue weighted by Gasteiger charge is -2.43. The Hall–Kier alpha value is -1.56. The fourth-order valence-corrected chi connectivity index (χ4v) is 7.57. The van der Waals surface area contributed by atoms with Crippen LogP contribution in [0, 0.1) is 0 Å². The lowest BCUT2D eigenvalue weighted by molar-refractivity contribution is -0.0562. The zero-order valence-electron chi connectivity index (χ0n) is 25.4. The highest BCUT2D eigenvalue weighted by molar-refractivity contribution is 7.90. The summed E-state index contributed by atoms with van der Waals surface area (Å²) in [6.07, 6.45) is -1.53. The van der Waals surface area contributed by atoms with Gasteiger partial charge in [0.05, 0.1) is 17.7 Å². The molecule has 1 aromatic heterocycles. The summed E-state index contributed by atoms with van der Waals surface area (Å²) in [5, 5.41) is 0.556. The van der Waals surface area contributed by atoms with E-state index in [4.69, 9.17) is 23.5 Å². The zero-order valence-corrected chi connectivity index (χ0v) is 28.2. The standard InChI is InChI=1S/C25H46N4O7SSi2/c1-23(2,3)38(9,10)33-15-18-25(17(26)16-37(31,32)36-25)20(35-39(11,12)24(4,5)6)21(34-18)29-14-13-19(28(7)8)27-22(29)30/h13-14,16,18,20-21H,15,26H2,1-12H3/t18-,20+,21-,25-/m1/s1. The minimum absolute atomic E-state index is 0.00632. The maximum atomic E-state index is 13.3. The second kappa shape index (κ2) is 10.1. The van der Waals surface area contributed by atoms with Gasteiger partial charge in [0, 0.05) is 20.3 Å². The Morgan fingerprint density at radius 1 is 1.10 bits per heavy atom. The molecule has 0 bridgehead atoms. The topological polar surface area (TPSA) is 135 Å². The van der Waals surface area contributed by atoms with Gasteiger partial charge in [0.25, 0.3) is 10.1 Å². The van der Waals surface area contributed by atoms with Crippen LogP contribution >= 0.6 is 0 Å². The van der Waals surface area contributed by atoms with Crippen molar-refractivity contribution < 1.29 is 26.2 Å². The van der Waals surface area contributed by atoms with Gasteiger partial charge >= 0.3 is 5.69 Å². The summed E-state index contributed by atoms with van der Waals surface area (Å²) in [5.41, 5.74) is 4.16. The molecule has 2 N–H and O–H groups in total. The van der Waals surface area contributed by atoms with E-state index in [1.165, 1.54) is 4.57 Å². The molecule has 2 aliphatic rings. The van der Waals surface area contributed by atoms with Crippen LogP contribution in [0.4, 0.5) is 5.82 Å². The van der Waals surface area contributed by atoms with Gasteiger partial charge in [-0.25, -0.2) is 8.98 Å². The SMILES string of the molecule is CN(C)c1ccn([C@@H]2O[C@H](CO[Si](C)(C)C(C)(C)C)[C@@]3(OS(=O)(=O)C=C3N)[C@H]2O[Si](C)(C)C(C)(C)C)c(=O)n1. The van der Waals surface area contributed by atoms with Gasteiger partial charge in [-0.15, -0.1) is 0 Å². The van der Waals surface area contributed by atoms with Crippen molar-refractivity contribution >= 4 is 32.6 Å². The Morgan fingerprint density at radius 3 is 2.10 bits per heavy atom. The second-order valence-corrected chi connectivity index (χ2v) is 24.7. The van der Waals surface area contributed by atoms with Crippen molar-refractivity contribution in [1.82, 2.24) is 9.55 Å². The van der Waals surface area contributed by atoms with Crippen molar-refractivity contribution in [2.45, 2.75) is 102 Å². The highest BCUT2D eigenvalue weighted by atomic mass is 32.2. The molecular weight excluding hydrogens is 557 g/mol. The van der Waals surface area contributed by atoms with Crippen molar-refractivity contribution in [2.24, 2.45) is 5.73 Å². The van der Waals surface area contributed by atoms with Gasteiger partial charge in [-0.1, -0.05) is 41.5 Å². The van der Waals surface area contributed by atoms with Crippen molar-refractivity contribution in [3.63, 3.8) is 0 Å². The van der Waals surface area contributed by atoms with Gasteiger partial charge < -0.3 is 24.2 Å². The molecule has 39 heavy (non-hydrogen) atoms. The molecule has 0 aliphatic carbocycles. The van der Waals surface area contributed by atoms with Gasteiger partial charge in [-0.3, -0.25) is 4.57 Å². The number of hydrogen-bond donors (Lipinski definition) is 1. The van der Waals surface area contributed by atoms with E-state index in [1.54, 1.807) is 31.3 Å². The lowest BCUT2D eigenvalue weighted by Crippen LogP contribution is -2.59. The van der Waals surface area contributed by atoms with Gasteiger partial charge in [-0.2, -0.15) is 13.4 Å². The molecule has 3 rings (SSSR count). The minimum atomic E-state index is -4.15. The fourth-order valence-electron chi connectivity index (χ4n) is 4.06. The number of nitrogens with zero attached hydrogens (tertiary/aromatic N) is 3. The van der Waals surface area contributed by atoms with Crippen molar-refractivity contribution in [2.75, 3.05) is 25.6 Å². The van der Waals surface area contributed by atoms with E-state index in [1.807, 2.05) is 13.1 Å². The Morgan fingerprint density at radius 2 is 1.67 bits per heavy atom. The molecule has 14 heteroatoms. The van der Waals surface area contributed by atoms with E-state index < -0.39 is 56.5 Å². The molecular formula is C25H46N4O7SSi2. The largest absolute Gasteiger partial charge is 0.414 e. The van der Waals surface area contributed by atoms with Gasteiger partial charge in [0.2, 0.25) is 0 Å². The molecule has 1 fully saturated rings. The van der Waals surface area contributed by atoms with Crippen LogP contribution in [0.2, 0.25) is 36.3 Å². The summed E-state index contributed by atoms with van der Waals surface area (Å²) in [6, 6.07) is 1.69. The maximum Gasteiger partial charge on any atom is 0.351 e. The monoisotopic (exact) mass is 602 g/mol. The van der Waals surface area contributed by atoms with Crippen LogP contribution in [0.3, 0.4) is 0 Å². The normalized spacial score (nSPS) is 27.7. The summed E-state index contributed by atoms with van der Waals surface area (Å²) < 4.78 is 52.7. The smallest absolute Gasteiger partial charge is 0.351 e. The first-order chi connectivity index (χ1) is 17.5. The highest BCUT2D eigenvalue weighted by Crippen LogP contribution is 2.52. The summed E-state index contributed by atoms with van der Waals surface area (Å²) in [7, 11) is -5.46. The summed E-state index contributed by atoms with van der Waals surface area (Å²) in [4.78, 5) is 19.2. The number of nitrogens with two attached hydrogens (primary N) is 1. The zero-order chi connectivity index (χ0) is 30.0. The Kier molecular flexibility index (Phi) is 8.25. The first-order valence-electron chi connectivity index (χ1n) is 13.1. The maximum absolute atomic E-state index is 13.3. The summed E-state index contributed by atoms with van der Waals surface area (Å²) >= 11 is 0. The molecule has 1 spiro atoms. The molecule has 0 radical (unpaired) electrons. The van der Waals surface area contributed by atoms with Gasteiger partial charge in [0.1, 0.15) is 18.0 Å². The third-order valence-corrected chi connectivity index (χ3v) is 18.6. The third-order valence-electron chi connectivity index (χ3n) is 8.62. The molecule has 0 unspecified atom stereocenters. The van der Waals surface area contributed by atoms with Crippen LogP contribution in [0.25, 0.3) is 0 Å². The number of ether oxygens (including phenoxy) is 1. The van der Waals surface area contributed by atoms with Crippen LogP contribution in [-0.4, -0.2) is 73.1 Å². The van der Waals surface area contributed by atoms with E-state index >= 15 is 0 Å². The Labute approximate surface area is 235 Å². The van der Waals surface area contributed by atoms with Crippen molar-refractivity contribution in [1.29, 1.82) is 0 Å². The number of anilines is 1. The van der Waals surface area contributed by atoms with E-state index in [0.29, 0.717) is 5.82 Å². The molecule has 2 aliphatic heterocycles. The molecule has 0 amide bonds. The van der Waals surface area contributed by atoms with Gasteiger partial charge in [0.15, 0.2) is 28.5 Å². The molecule has 11 nitrogen and oxygen atoms in total. The van der Waals surface area contributed by atoms with Crippen LogP contribution in [0.1, 0.15) is 47.8 Å². The molecule has 0 aromatic carbocycles. The molecule has 1 saturated heterocycles. The quantitative estimate of drug-likeness (QED) is 0.365. The number of aromatic nitrogens is 2. The van der Waals surface area contributed by atoms with Crippen LogP contribution in [-0.2, 0) is 27.9 Å². The molecule has 222 valence electrons. The molecule has 0 saturated carbocycles. The van der Waals surface area contributed by atoms with E-state index in [0.717, 1.165) is 5.41 Å². The number of hydrogen-bond acceptors (Lipinski definition) is 10. The van der Waals surface area contributed by atoms with Crippen LogP contribution in [0.5, 0.6) is 0 Å².